The second-order valence-electron chi connectivity index (χ2n) is 20.9. The Bertz CT molecular complexity index is 4070. The van der Waals surface area contributed by atoms with Crippen LogP contribution in [0.4, 0.5) is 0 Å². The molecule has 0 spiro atoms. The highest BCUT2D eigenvalue weighted by Crippen LogP contribution is 2.40. The van der Waals surface area contributed by atoms with Crippen LogP contribution in [-0.4, -0.2) is 41.6 Å². The molecule has 86 heavy (non-hydrogen) atoms. The number of fused-ring (bicyclic) bond motifs is 2. The fourth-order valence-electron chi connectivity index (χ4n) is 10.1. The summed E-state index contributed by atoms with van der Waals surface area (Å²) in [5.74, 6) is 0.0721. The lowest BCUT2D eigenvalue weighted by atomic mass is 9.92. The quantitative estimate of drug-likeness (QED) is 0.0798. The molecule has 11 rings (SSSR count). The van der Waals surface area contributed by atoms with Crippen molar-refractivity contribution >= 4 is 33.9 Å². The standard InChI is InChI=1S/C36H28O6.C35H36O9/c37-34-33-31(41-24-27-14-8-3-9-15-27)20-30(40-23-26-12-6-2-7-13-26)21-32(33)42-36(35(34)38)28-16-18-29(19-17-28)39-22-25-10-4-1-5-11-25;1-19-16-20(2)29-28(17-19)43-33(26-12-14-27(15-13-26)39-18-25-10-8-7-9-11-25)34(30(29)38)44-35-21(3)31(41-23(5)36)32(22(4)40-35)42-24(6)37/h1-21,38H,22-24H2;7-17,21-22,31-32,35H,18H2,1-6H3. The Hall–Kier alpha value is -10.1. The summed E-state index contributed by atoms with van der Waals surface area (Å²) in [5, 5.41) is 11.5. The second kappa shape index (κ2) is 27.1. The highest BCUT2D eigenvalue weighted by molar-refractivity contribution is 5.89. The number of ether oxygens (including phenoxy) is 8. The molecule has 438 valence electrons. The summed E-state index contributed by atoms with van der Waals surface area (Å²) in [6, 6.07) is 60.4. The summed E-state index contributed by atoms with van der Waals surface area (Å²) in [6.07, 6.45) is -3.45. The number of carbonyl (C=O) groups excluding carboxylic acids is 2. The minimum absolute atomic E-state index is 0.0426. The minimum Gasteiger partial charge on any atom is -0.502 e. The normalized spacial score (nSPS) is 16.3. The minimum atomic E-state index is -1.03. The molecule has 1 aliphatic heterocycles. The molecule has 1 saturated heterocycles. The van der Waals surface area contributed by atoms with Gasteiger partial charge < -0.3 is 51.8 Å². The van der Waals surface area contributed by atoms with Crippen LogP contribution in [0.5, 0.6) is 34.5 Å². The first-order valence-corrected chi connectivity index (χ1v) is 28.1. The Morgan fingerprint density at radius 3 is 1.43 bits per heavy atom. The predicted octanol–water partition coefficient (Wildman–Crippen LogP) is 14.2. The predicted molar refractivity (Wildman–Crippen MR) is 325 cm³/mol. The van der Waals surface area contributed by atoms with Gasteiger partial charge in [0.15, 0.2) is 17.6 Å². The van der Waals surface area contributed by atoms with Crippen LogP contribution >= 0.6 is 0 Å². The van der Waals surface area contributed by atoms with Crippen molar-refractivity contribution in [2.24, 2.45) is 5.92 Å². The van der Waals surface area contributed by atoms with Gasteiger partial charge in [-0.2, -0.15) is 0 Å². The molecule has 0 amide bonds. The maximum atomic E-state index is 14.1. The molecule has 15 nitrogen and oxygen atoms in total. The van der Waals surface area contributed by atoms with Gasteiger partial charge in [-0.15, -0.1) is 0 Å². The second-order valence-corrected chi connectivity index (χ2v) is 20.9. The van der Waals surface area contributed by atoms with E-state index in [1.165, 1.54) is 13.8 Å². The zero-order valence-corrected chi connectivity index (χ0v) is 48.4. The van der Waals surface area contributed by atoms with Gasteiger partial charge in [0.25, 0.3) is 0 Å². The summed E-state index contributed by atoms with van der Waals surface area (Å²) in [7, 11) is 0. The molecule has 8 aromatic carbocycles. The first-order chi connectivity index (χ1) is 41.6. The van der Waals surface area contributed by atoms with Gasteiger partial charge in [0.05, 0.1) is 17.4 Å². The molecule has 2 aromatic heterocycles. The largest absolute Gasteiger partial charge is 0.502 e. The first kappa shape index (κ1) is 59.1. The molecule has 5 unspecified atom stereocenters. The molecule has 0 saturated carbocycles. The summed E-state index contributed by atoms with van der Waals surface area (Å²) >= 11 is 0. The monoisotopic (exact) mass is 1160 g/mol. The Morgan fingerprint density at radius 2 is 0.930 bits per heavy atom. The number of benzene rings is 8. The number of hydrogen-bond donors (Lipinski definition) is 1. The summed E-state index contributed by atoms with van der Waals surface area (Å²) in [4.78, 5) is 51.4. The van der Waals surface area contributed by atoms with Crippen LogP contribution in [0.15, 0.2) is 213 Å². The lowest BCUT2D eigenvalue weighted by Crippen LogP contribution is -2.57. The Balaban J connectivity index is 0.000000191. The van der Waals surface area contributed by atoms with Crippen molar-refractivity contribution in [1.29, 1.82) is 0 Å². The van der Waals surface area contributed by atoms with Gasteiger partial charge in [0.1, 0.15) is 72.1 Å². The highest BCUT2D eigenvalue weighted by Gasteiger charge is 2.48. The molecule has 1 fully saturated rings. The van der Waals surface area contributed by atoms with Gasteiger partial charge in [-0.05, 0) is 109 Å². The van der Waals surface area contributed by atoms with E-state index in [1.807, 2.05) is 147 Å². The third kappa shape index (κ3) is 14.3. The number of rotatable bonds is 18. The molecule has 15 heteroatoms. The molecule has 1 N–H and O–H groups in total. The average Bonchev–Trinajstić information content (AvgIpc) is 1.57. The SMILES string of the molecule is CC(=O)OC1C(C)OC(Oc2c(-c3ccc(OCc4ccccc4)cc3)oc3cc(C)cc(C)c3c2=O)C(C)C1OC(C)=O.O=c1c(O)c(-c2ccc(OCc3ccccc3)cc2)oc2cc(OCc3ccccc3)cc(OCc3ccccc3)c12. The zero-order chi connectivity index (χ0) is 60.3. The van der Waals surface area contributed by atoms with Crippen molar-refractivity contribution in [2.45, 2.75) is 92.6 Å². The molecule has 0 bridgehead atoms. The molecule has 3 heterocycles. The first-order valence-electron chi connectivity index (χ1n) is 28.1. The maximum absolute atomic E-state index is 14.1. The van der Waals surface area contributed by atoms with Crippen molar-refractivity contribution in [3.8, 4) is 57.1 Å². The summed E-state index contributed by atoms with van der Waals surface area (Å²) < 4.78 is 60.1. The highest BCUT2D eigenvalue weighted by atomic mass is 16.7. The van der Waals surface area contributed by atoms with E-state index in [1.54, 1.807) is 74.5 Å². The van der Waals surface area contributed by atoms with E-state index in [-0.39, 0.29) is 46.0 Å². The summed E-state index contributed by atoms with van der Waals surface area (Å²) in [5.41, 5.74) is 6.54. The van der Waals surface area contributed by atoms with Crippen LogP contribution in [0.3, 0.4) is 0 Å². The van der Waals surface area contributed by atoms with Gasteiger partial charge >= 0.3 is 11.9 Å². The van der Waals surface area contributed by atoms with Gasteiger partial charge in [-0.3, -0.25) is 19.2 Å². The van der Waals surface area contributed by atoms with E-state index < -0.39 is 53.6 Å². The molecule has 0 aliphatic carbocycles. The fourth-order valence-corrected chi connectivity index (χ4v) is 10.1. The molecule has 1 aliphatic rings. The molecule has 0 radical (unpaired) electrons. The van der Waals surface area contributed by atoms with Gasteiger partial charge in [0, 0.05) is 37.1 Å². The van der Waals surface area contributed by atoms with Gasteiger partial charge in [-0.1, -0.05) is 134 Å². The number of aryl methyl sites for hydroxylation is 2. The van der Waals surface area contributed by atoms with E-state index in [0.717, 1.165) is 33.4 Å². The number of aromatic hydroxyl groups is 1. The zero-order valence-electron chi connectivity index (χ0n) is 48.4. The van der Waals surface area contributed by atoms with E-state index in [9.17, 15) is 24.3 Å². The van der Waals surface area contributed by atoms with Crippen LogP contribution in [0.1, 0.15) is 61.1 Å². The fraction of sp³-hybridized carbons (Fsp3) is 0.211. The van der Waals surface area contributed by atoms with E-state index in [2.05, 4.69) is 0 Å². The third-order valence-electron chi connectivity index (χ3n) is 14.3. The van der Waals surface area contributed by atoms with Crippen molar-refractivity contribution in [2.75, 3.05) is 0 Å². The lowest BCUT2D eigenvalue weighted by Gasteiger charge is -2.42. The van der Waals surface area contributed by atoms with Crippen LogP contribution < -0.4 is 34.5 Å². The lowest BCUT2D eigenvalue weighted by molar-refractivity contribution is -0.257. The van der Waals surface area contributed by atoms with Gasteiger partial charge in [-0.25, -0.2) is 0 Å². The molecule has 5 atom stereocenters. The Labute approximate surface area is 496 Å². The van der Waals surface area contributed by atoms with E-state index >= 15 is 0 Å². The van der Waals surface area contributed by atoms with E-state index in [0.29, 0.717) is 59.2 Å². The van der Waals surface area contributed by atoms with Crippen molar-refractivity contribution in [3.05, 3.63) is 248 Å². The smallest absolute Gasteiger partial charge is 0.303 e. The molecular formula is C71H64O15. The Morgan fingerprint density at radius 1 is 0.488 bits per heavy atom. The number of carbonyl (C=O) groups is 2. The van der Waals surface area contributed by atoms with Crippen molar-refractivity contribution in [3.63, 3.8) is 0 Å². The Kier molecular flexibility index (Phi) is 18.6. The third-order valence-corrected chi connectivity index (χ3v) is 14.3. The van der Waals surface area contributed by atoms with E-state index in [4.69, 9.17) is 46.7 Å². The van der Waals surface area contributed by atoms with Crippen LogP contribution in [0.25, 0.3) is 44.6 Å². The summed E-state index contributed by atoms with van der Waals surface area (Å²) in [6.45, 7) is 11.2. The number of esters is 2. The average molecular weight is 1160 g/mol. The van der Waals surface area contributed by atoms with Crippen molar-refractivity contribution in [1.82, 2.24) is 0 Å². The number of hydrogen-bond acceptors (Lipinski definition) is 15. The van der Waals surface area contributed by atoms with Crippen LogP contribution in [0.2, 0.25) is 0 Å². The van der Waals surface area contributed by atoms with Crippen molar-refractivity contribution < 1.29 is 61.4 Å². The van der Waals surface area contributed by atoms with Gasteiger partial charge in [0.2, 0.25) is 28.6 Å². The van der Waals surface area contributed by atoms with Crippen LogP contribution in [0, 0.1) is 19.8 Å². The molecule has 10 aromatic rings. The molecular weight excluding hydrogens is 1090 g/mol. The topological polar surface area (TPSA) is 189 Å². The maximum Gasteiger partial charge on any atom is 0.303 e. The van der Waals surface area contributed by atoms with Crippen LogP contribution in [-0.2, 0) is 50.2 Å².